The van der Waals surface area contributed by atoms with E-state index in [4.69, 9.17) is 11.6 Å². The van der Waals surface area contributed by atoms with Crippen LogP contribution in [0.3, 0.4) is 0 Å². The Balaban J connectivity index is 1.92. The van der Waals surface area contributed by atoms with Crippen molar-refractivity contribution in [2.45, 2.75) is 0 Å². The van der Waals surface area contributed by atoms with Gasteiger partial charge >= 0.3 is 0 Å². The summed E-state index contributed by atoms with van der Waals surface area (Å²) < 4.78 is 0. The van der Waals surface area contributed by atoms with E-state index < -0.39 is 0 Å². The molecule has 2 aromatic heterocycles. The number of aromatic nitrogens is 3. The molecule has 2 heterocycles. The molecule has 2 aromatic carbocycles. The number of nitrogens with one attached hydrogen (secondary N) is 1. The minimum absolute atomic E-state index is 0.687. The fourth-order valence-corrected chi connectivity index (χ4v) is 2.46. The van der Waals surface area contributed by atoms with E-state index in [-0.39, 0.29) is 0 Å². The van der Waals surface area contributed by atoms with E-state index in [0.717, 1.165) is 33.5 Å². The Morgan fingerprint density at radius 2 is 1.70 bits per heavy atom. The standard InChI is InChI=1S/C16H10ClN3/c17-11-7-5-10-6-8-14(18-15(10)9-11)16-19-12-3-1-2-4-13(12)20-16/h1-9H,(H,19,20). The van der Waals surface area contributed by atoms with Crippen LogP contribution in [0.25, 0.3) is 33.5 Å². The third-order valence-electron chi connectivity index (χ3n) is 3.29. The molecule has 0 amide bonds. The number of fused-ring (bicyclic) bond motifs is 2. The molecular weight excluding hydrogens is 270 g/mol. The van der Waals surface area contributed by atoms with Gasteiger partial charge in [0.25, 0.3) is 0 Å². The van der Waals surface area contributed by atoms with Gasteiger partial charge in [0.05, 0.1) is 16.6 Å². The summed E-state index contributed by atoms with van der Waals surface area (Å²) in [6.07, 6.45) is 0. The van der Waals surface area contributed by atoms with Crippen molar-refractivity contribution in [1.29, 1.82) is 0 Å². The molecule has 4 heteroatoms. The Bertz CT molecular complexity index is 894. The van der Waals surface area contributed by atoms with Gasteiger partial charge in [-0.05, 0) is 30.3 Å². The zero-order chi connectivity index (χ0) is 13.5. The first-order valence-corrected chi connectivity index (χ1v) is 6.69. The van der Waals surface area contributed by atoms with Gasteiger partial charge in [0.1, 0.15) is 5.69 Å². The highest BCUT2D eigenvalue weighted by Crippen LogP contribution is 2.23. The van der Waals surface area contributed by atoms with Crippen LogP contribution in [0.2, 0.25) is 5.02 Å². The van der Waals surface area contributed by atoms with Crippen LogP contribution in [-0.4, -0.2) is 15.0 Å². The third kappa shape index (κ3) is 1.84. The Kier molecular flexibility index (Phi) is 2.47. The van der Waals surface area contributed by atoms with Crippen LogP contribution in [0.5, 0.6) is 0 Å². The topological polar surface area (TPSA) is 41.6 Å². The molecule has 0 aliphatic rings. The fourth-order valence-electron chi connectivity index (χ4n) is 2.30. The molecule has 96 valence electrons. The number of halogens is 1. The monoisotopic (exact) mass is 279 g/mol. The summed E-state index contributed by atoms with van der Waals surface area (Å²) >= 11 is 6.02. The lowest BCUT2D eigenvalue weighted by atomic mass is 10.2. The quantitative estimate of drug-likeness (QED) is 0.560. The molecule has 1 N–H and O–H groups in total. The van der Waals surface area contributed by atoms with Gasteiger partial charge in [-0.2, -0.15) is 0 Å². The highest BCUT2D eigenvalue weighted by molar-refractivity contribution is 6.31. The number of pyridine rings is 1. The number of hydrogen-bond donors (Lipinski definition) is 1. The van der Waals surface area contributed by atoms with Crippen molar-refractivity contribution in [1.82, 2.24) is 15.0 Å². The Labute approximate surface area is 120 Å². The highest BCUT2D eigenvalue weighted by atomic mass is 35.5. The number of hydrogen-bond acceptors (Lipinski definition) is 2. The SMILES string of the molecule is Clc1ccc2ccc(-c3nc4ccccc4[nH]3)nc2c1. The van der Waals surface area contributed by atoms with E-state index in [2.05, 4.69) is 15.0 Å². The van der Waals surface area contributed by atoms with E-state index in [1.165, 1.54) is 0 Å². The lowest BCUT2D eigenvalue weighted by Crippen LogP contribution is -1.87. The van der Waals surface area contributed by atoms with E-state index in [1.54, 1.807) is 0 Å². The lowest BCUT2D eigenvalue weighted by Gasteiger charge is -2.00. The average Bonchev–Trinajstić information content (AvgIpc) is 2.90. The van der Waals surface area contributed by atoms with Gasteiger partial charge in [-0.25, -0.2) is 9.97 Å². The van der Waals surface area contributed by atoms with Crippen LogP contribution < -0.4 is 0 Å². The number of rotatable bonds is 1. The predicted molar refractivity (Wildman–Crippen MR) is 81.8 cm³/mol. The minimum Gasteiger partial charge on any atom is -0.337 e. The molecular formula is C16H10ClN3. The smallest absolute Gasteiger partial charge is 0.157 e. The third-order valence-corrected chi connectivity index (χ3v) is 3.52. The zero-order valence-electron chi connectivity index (χ0n) is 10.5. The minimum atomic E-state index is 0.687. The molecule has 0 aliphatic heterocycles. The average molecular weight is 280 g/mol. The molecule has 0 saturated heterocycles. The summed E-state index contributed by atoms with van der Waals surface area (Å²) in [4.78, 5) is 12.5. The van der Waals surface area contributed by atoms with Crippen LogP contribution in [0.4, 0.5) is 0 Å². The number of H-pyrrole nitrogens is 1. The number of aromatic amines is 1. The Morgan fingerprint density at radius 3 is 2.60 bits per heavy atom. The van der Waals surface area contributed by atoms with Gasteiger partial charge in [0.15, 0.2) is 5.82 Å². The predicted octanol–water partition coefficient (Wildman–Crippen LogP) is 4.43. The first kappa shape index (κ1) is 11.4. The molecule has 0 spiro atoms. The van der Waals surface area contributed by atoms with Crippen LogP contribution >= 0.6 is 11.6 Å². The van der Waals surface area contributed by atoms with Gasteiger partial charge in [0.2, 0.25) is 0 Å². The summed E-state index contributed by atoms with van der Waals surface area (Å²) in [6.45, 7) is 0. The van der Waals surface area contributed by atoms with Crippen molar-refractivity contribution in [3.8, 4) is 11.5 Å². The molecule has 0 saturated carbocycles. The van der Waals surface area contributed by atoms with E-state index in [9.17, 15) is 0 Å². The van der Waals surface area contributed by atoms with Crippen LogP contribution in [0.15, 0.2) is 54.6 Å². The van der Waals surface area contributed by atoms with Crippen LogP contribution in [0, 0.1) is 0 Å². The molecule has 3 nitrogen and oxygen atoms in total. The number of benzene rings is 2. The summed E-state index contributed by atoms with van der Waals surface area (Å²) in [6, 6.07) is 17.6. The molecule has 0 radical (unpaired) electrons. The van der Waals surface area contributed by atoms with Gasteiger partial charge in [-0.1, -0.05) is 35.9 Å². The van der Waals surface area contributed by atoms with Gasteiger partial charge in [0, 0.05) is 10.4 Å². The summed E-state index contributed by atoms with van der Waals surface area (Å²) in [5, 5.41) is 1.75. The molecule has 0 unspecified atom stereocenters. The Morgan fingerprint density at radius 1 is 0.850 bits per heavy atom. The van der Waals surface area contributed by atoms with Crippen molar-refractivity contribution in [3.63, 3.8) is 0 Å². The second-order valence-corrected chi connectivity index (χ2v) is 5.07. The van der Waals surface area contributed by atoms with Crippen molar-refractivity contribution < 1.29 is 0 Å². The van der Waals surface area contributed by atoms with Crippen LogP contribution in [0.1, 0.15) is 0 Å². The van der Waals surface area contributed by atoms with Crippen molar-refractivity contribution >= 4 is 33.5 Å². The maximum absolute atomic E-state index is 6.02. The first-order valence-electron chi connectivity index (χ1n) is 6.31. The van der Waals surface area contributed by atoms with Gasteiger partial charge in [-0.3, -0.25) is 0 Å². The number of para-hydroxylation sites is 2. The second-order valence-electron chi connectivity index (χ2n) is 4.64. The van der Waals surface area contributed by atoms with E-state index in [0.29, 0.717) is 5.02 Å². The lowest BCUT2D eigenvalue weighted by molar-refractivity contribution is 1.27. The molecule has 20 heavy (non-hydrogen) atoms. The Hall–Kier alpha value is -2.39. The molecule has 4 rings (SSSR count). The summed E-state index contributed by atoms with van der Waals surface area (Å²) in [7, 11) is 0. The van der Waals surface area contributed by atoms with Crippen LogP contribution in [-0.2, 0) is 0 Å². The molecule has 0 atom stereocenters. The maximum Gasteiger partial charge on any atom is 0.157 e. The number of nitrogens with zero attached hydrogens (tertiary/aromatic N) is 2. The molecule has 0 fully saturated rings. The van der Waals surface area contributed by atoms with Gasteiger partial charge < -0.3 is 4.98 Å². The normalized spacial score (nSPS) is 11.2. The van der Waals surface area contributed by atoms with Crippen molar-refractivity contribution in [3.05, 3.63) is 59.6 Å². The number of imidazole rings is 1. The van der Waals surface area contributed by atoms with E-state index >= 15 is 0 Å². The highest BCUT2D eigenvalue weighted by Gasteiger charge is 2.07. The first-order chi connectivity index (χ1) is 9.79. The largest absolute Gasteiger partial charge is 0.337 e. The maximum atomic E-state index is 6.02. The van der Waals surface area contributed by atoms with E-state index in [1.807, 2.05) is 54.6 Å². The summed E-state index contributed by atoms with van der Waals surface area (Å²) in [5.41, 5.74) is 3.64. The second kappa shape index (κ2) is 4.32. The molecule has 4 aromatic rings. The fraction of sp³-hybridized carbons (Fsp3) is 0. The van der Waals surface area contributed by atoms with Crippen molar-refractivity contribution in [2.75, 3.05) is 0 Å². The summed E-state index contributed by atoms with van der Waals surface area (Å²) in [5.74, 6) is 0.771. The molecule has 0 bridgehead atoms. The zero-order valence-corrected chi connectivity index (χ0v) is 11.2. The van der Waals surface area contributed by atoms with Crippen molar-refractivity contribution in [2.24, 2.45) is 0 Å². The van der Waals surface area contributed by atoms with Gasteiger partial charge in [-0.15, -0.1) is 0 Å². The molecule has 0 aliphatic carbocycles.